The number of hydrogen-bond donors (Lipinski definition) is 2. The van der Waals surface area contributed by atoms with E-state index in [9.17, 15) is 0 Å². The molecule has 0 spiro atoms. The molecule has 0 atom stereocenters. The van der Waals surface area contributed by atoms with Crippen molar-refractivity contribution in [2.45, 2.75) is 27.3 Å². The van der Waals surface area contributed by atoms with Gasteiger partial charge in [-0.15, -0.1) is 0 Å². The minimum absolute atomic E-state index is 0.514. The third-order valence-electron chi connectivity index (χ3n) is 3.75. The molecule has 0 aliphatic carbocycles. The van der Waals surface area contributed by atoms with E-state index in [1.807, 2.05) is 63.2 Å². The van der Waals surface area contributed by atoms with E-state index >= 15 is 0 Å². The SMILES string of the molecule is CCNC(=NCc1ccccc1OCC)Nc1ccc(OCC)c(OC)c1. The maximum atomic E-state index is 5.67. The van der Waals surface area contributed by atoms with Gasteiger partial charge in [-0.25, -0.2) is 4.99 Å². The molecule has 6 heteroatoms. The molecule has 0 bridgehead atoms. The largest absolute Gasteiger partial charge is 0.494 e. The van der Waals surface area contributed by atoms with Gasteiger partial charge in [-0.05, 0) is 39.0 Å². The van der Waals surface area contributed by atoms with Gasteiger partial charge in [-0.3, -0.25) is 0 Å². The fraction of sp³-hybridized carbons (Fsp3) is 0.381. The number of rotatable bonds is 9. The predicted octanol–water partition coefficient (Wildman–Crippen LogP) is 4.07. The van der Waals surface area contributed by atoms with Gasteiger partial charge in [-0.1, -0.05) is 18.2 Å². The number of anilines is 1. The zero-order valence-electron chi connectivity index (χ0n) is 16.5. The van der Waals surface area contributed by atoms with Crippen LogP contribution in [0.1, 0.15) is 26.3 Å². The van der Waals surface area contributed by atoms with E-state index in [1.54, 1.807) is 7.11 Å². The Bertz CT molecular complexity index is 747. The normalized spacial score (nSPS) is 11.0. The predicted molar refractivity (Wildman–Crippen MR) is 110 cm³/mol. The zero-order valence-corrected chi connectivity index (χ0v) is 16.5. The Morgan fingerprint density at radius 3 is 2.37 bits per heavy atom. The lowest BCUT2D eigenvalue weighted by Crippen LogP contribution is -2.30. The molecule has 0 saturated heterocycles. The molecule has 0 aromatic heterocycles. The van der Waals surface area contributed by atoms with Gasteiger partial charge < -0.3 is 24.8 Å². The van der Waals surface area contributed by atoms with Gasteiger partial charge in [0, 0.05) is 23.9 Å². The Balaban J connectivity index is 2.16. The molecule has 0 aliphatic heterocycles. The third kappa shape index (κ3) is 6.09. The second-order valence-electron chi connectivity index (χ2n) is 5.66. The second kappa shape index (κ2) is 11.0. The number of hydrogen-bond acceptors (Lipinski definition) is 4. The zero-order chi connectivity index (χ0) is 19.5. The molecule has 0 aliphatic rings. The summed E-state index contributed by atoms with van der Waals surface area (Å²) in [6, 6.07) is 13.7. The van der Waals surface area contributed by atoms with Crippen molar-refractivity contribution in [3.63, 3.8) is 0 Å². The molecule has 146 valence electrons. The van der Waals surface area contributed by atoms with Crippen LogP contribution in [0.2, 0.25) is 0 Å². The Morgan fingerprint density at radius 2 is 1.67 bits per heavy atom. The monoisotopic (exact) mass is 371 g/mol. The fourth-order valence-corrected chi connectivity index (χ4v) is 2.56. The van der Waals surface area contributed by atoms with Gasteiger partial charge in [0.15, 0.2) is 17.5 Å². The molecular weight excluding hydrogens is 342 g/mol. The Hall–Kier alpha value is -2.89. The lowest BCUT2D eigenvalue weighted by molar-refractivity contribution is 0.311. The first kappa shape index (κ1) is 20.4. The smallest absolute Gasteiger partial charge is 0.196 e. The van der Waals surface area contributed by atoms with Crippen LogP contribution in [0.25, 0.3) is 0 Å². The van der Waals surface area contributed by atoms with E-state index in [0.717, 1.165) is 29.3 Å². The molecule has 27 heavy (non-hydrogen) atoms. The first-order valence-corrected chi connectivity index (χ1v) is 9.28. The summed E-state index contributed by atoms with van der Waals surface area (Å²) in [6.45, 7) is 8.45. The second-order valence-corrected chi connectivity index (χ2v) is 5.66. The first-order valence-electron chi connectivity index (χ1n) is 9.28. The highest BCUT2D eigenvalue weighted by atomic mass is 16.5. The van der Waals surface area contributed by atoms with Crippen LogP contribution in [0.4, 0.5) is 5.69 Å². The molecule has 2 N–H and O–H groups in total. The van der Waals surface area contributed by atoms with E-state index in [-0.39, 0.29) is 0 Å². The van der Waals surface area contributed by atoms with Crippen LogP contribution < -0.4 is 24.8 Å². The number of ether oxygens (including phenoxy) is 3. The number of nitrogens with one attached hydrogen (secondary N) is 2. The van der Waals surface area contributed by atoms with Gasteiger partial charge in [0.1, 0.15) is 5.75 Å². The summed E-state index contributed by atoms with van der Waals surface area (Å²) in [5, 5.41) is 6.56. The van der Waals surface area contributed by atoms with Crippen LogP contribution in [0.15, 0.2) is 47.5 Å². The Morgan fingerprint density at radius 1 is 0.926 bits per heavy atom. The summed E-state index contributed by atoms with van der Waals surface area (Å²) >= 11 is 0. The molecule has 0 saturated carbocycles. The molecule has 0 unspecified atom stereocenters. The minimum atomic E-state index is 0.514. The summed E-state index contributed by atoms with van der Waals surface area (Å²) in [7, 11) is 1.63. The maximum absolute atomic E-state index is 5.67. The van der Waals surface area contributed by atoms with Crippen LogP contribution in [-0.2, 0) is 6.54 Å². The van der Waals surface area contributed by atoms with Crippen LogP contribution in [0, 0.1) is 0 Å². The van der Waals surface area contributed by atoms with Crippen molar-refractivity contribution < 1.29 is 14.2 Å². The molecule has 2 aromatic rings. The molecule has 0 heterocycles. The van der Waals surface area contributed by atoms with Crippen molar-refractivity contribution in [2.24, 2.45) is 4.99 Å². The summed E-state index contributed by atoms with van der Waals surface area (Å²) in [5.41, 5.74) is 1.91. The molecule has 6 nitrogen and oxygen atoms in total. The third-order valence-corrected chi connectivity index (χ3v) is 3.75. The summed E-state index contributed by atoms with van der Waals surface area (Å²) in [5.74, 6) is 2.95. The number of guanidine groups is 1. The van der Waals surface area contributed by atoms with Crippen molar-refractivity contribution in [1.29, 1.82) is 0 Å². The van der Waals surface area contributed by atoms with Crippen molar-refractivity contribution in [3.05, 3.63) is 48.0 Å². The first-order chi connectivity index (χ1) is 13.2. The van der Waals surface area contributed by atoms with Crippen LogP contribution in [0.3, 0.4) is 0 Å². The molecule has 2 aromatic carbocycles. The van der Waals surface area contributed by atoms with Gasteiger partial charge in [0.05, 0.1) is 26.9 Å². The maximum Gasteiger partial charge on any atom is 0.196 e. The minimum Gasteiger partial charge on any atom is -0.494 e. The van der Waals surface area contributed by atoms with Gasteiger partial charge in [0.2, 0.25) is 0 Å². The average Bonchev–Trinajstić information content (AvgIpc) is 2.69. The molecule has 0 fully saturated rings. The highest BCUT2D eigenvalue weighted by Crippen LogP contribution is 2.30. The lowest BCUT2D eigenvalue weighted by Gasteiger charge is -2.15. The van der Waals surface area contributed by atoms with Crippen molar-refractivity contribution >= 4 is 11.6 Å². The average molecular weight is 371 g/mol. The van der Waals surface area contributed by atoms with Crippen LogP contribution >= 0.6 is 0 Å². The number of nitrogens with zero attached hydrogens (tertiary/aromatic N) is 1. The van der Waals surface area contributed by atoms with E-state index in [4.69, 9.17) is 14.2 Å². The van der Waals surface area contributed by atoms with Crippen molar-refractivity contribution in [3.8, 4) is 17.2 Å². The standard InChI is InChI=1S/C21H29N3O3/c1-5-22-21(23-15-16-10-8-9-11-18(16)26-6-2)24-17-12-13-19(27-7-3)20(14-17)25-4/h8-14H,5-7,15H2,1-4H3,(H2,22,23,24). The highest BCUT2D eigenvalue weighted by Gasteiger charge is 2.08. The Labute approximate surface area is 161 Å². The van der Waals surface area contributed by atoms with E-state index in [0.29, 0.717) is 31.5 Å². The number of methoxy groups -OCH3 is 1. The van der Waals surface area contributed by atoms with Gasteiger partial charge >= 0.3 is 0 Å². The number of benzene rings is 2. The van der Waals surface area contributed by atoms with E-state index < -0.39 is 0 Å². The summed E-state index contributed by atoms with van der Waals surface area (Å²) in [6.07, 6.45) is 0. The summed E-state index contributed by atoms with van der Waals surface area (Å²) in [4.78, 5) is 4.68. The van der Waals surface area contributed by atoms with Crippen LogP contribution in [-0.4, -0.2) is 32.8 Å². The van der Waals surface area contributed by atoms with Crippen molar-refractivity contribution in [1.82, 2.24) is 5.32 Å². The van der Waals surface area contributed by atoms with Crippen LogP contribution in [0.5, 0.6) is 17.2 Å². The topological polar surface area (TPSA) is 64.1 Å². The molecule has 0 radical (unpaired) electrons. The highest BCUT2D eigenvalue weighted by molar-refractivity contribution is 5.93. The fourth-order valence-electron chi connectivity index (χ4n) is 2.56. The lowest BCUT2D eigenvalue weighted by atomic mass is 10.2. The number of para-hydroxylation sites is 1. The quantitative estimate of drug-likeness (QED) is 0.514. The van der Waals surface area contributed by atoms with Gasteiger partial charge in [-0.2, -0.15) is 0 Å². The molecular formula is C21H29N3O3. The Kier molecular flexibility index (Phi) is 8.29. The van der Waals surface area contributed by atoms with E-state index in [1.165, 1.54) is 0 Å². The van der Waals surface area contributed by atoms with Gasteiger partial charge in [0.25, 0.3) is 0 Å². The molecule has 2 rings (SSSR count). The van der Waals surface area contributed by atoms with Crippen molar-refractivity contribution in [2.75, 3.05) is 32.2 Å². The van der Waals surface area contributed by atoms with E-state index in [2.05, 4.69) is 15.6 Å². The number of aliphatic imine (C=N–C) groups is 1. The summed E-state index contributed by atoms with van der Waals surface area (Å²) < 4.78 is 16.6. The molecule has 0 amide bonds.